The quantitative estimate of drug-likeness (QED) is 0.861. The smallest absolute Gasteiger partial charge is 0.408 e. The Morgan fingerprint density at radius 1 is 1.29 bits per heavy atom. The summed E-state index contributed by atoms with van der Waals surface area (Å²) in [4.78, 5) is 37.5. The summed E-state index contributed by atoms with van der Waals surface area (Å²) in [6.07, 6.45) is -0.867. The number of rotatable bonds is 3. The molecule has 3 amide bonds. The van der Waals surface area contributed by atoms with E-state index in [0.29, 0.717) is 5.56 Å². The molecule has 130 valence electrons. The van der Waals surface area contributed by atoms with Crippen molar-refractivity contribution in [3.05, 3.63) is 35.6 Å². The molecule has 1 aromatic rings. The fourth-order valence-electron chi connectivity index (χ4n) is 2.51. The van der Waals surface area contributed by atoms with Gasteiger partial charge in [-0.2, -0.15) is 0 Å². The lowest BCUT2D eigenvalue weighted by molar-refractivity contribution is -0.141. The number of hydrogen-bond acceptors (Lipinski definition) is 4. The van der Waals surface area contributed by atoms with Crippen LogP contribution in [-0.4, -0.2) is 34.5 Å². The van der Waals surface area contributed by atoms with E-state index >= 15 is 0 Å². The molecule has 2 unspecified atom stereocenters. The first-order valence-corrected chi connectivity index (χ1v) is 7.69. The van der Waals surface area contributed by atoms with Gasteiger partial charge in [0.1, 0.15) is 17.5 Å². The number of likely N-dealkylation sites (tertiary alicyclic amines) is 1. The average molecular weight is 336 g/mol. The lowest BCUT2D eigenvalue weighted by Gasteiger charge is -2.24. The van der Waals surface area contributed by atoms with Crippen molar-refractivity contribution in [2.75, 3.05) is 0 Å². The highest BCUT2D eigenvalue weighted by Crippen LogP contribution is 2.27. The Balaban J connectivity index is 2.08. The van der Waals surface area contributed by atoms with Crippen LogP contribution < -0.4 is 5.32 Å². The molecular formula is C17H21FN2O4. The number of nitrogens with zero attached hydrogens (tertiary/aromatic N) is 1. The lowest BCUT2D eigenvalue weighted by atomic mass is 10.1. The normalized spacial score (nSPS) is 19.4. The number of halogens is 1. The molecule has 6 nitrogen and oxygen atoms in total. The first-order valence-electron chi connectivity index (χ1n) is 7.69. The molecular weight excluding hydrogens is 315 g/mol. The van der Waals surface area contributed by atoms with Crippen LogP contribution in [0.3, 0.4) is 0 Å². The second-order valence-corrected chi connectivity index (χ2v) is 6.73. The largest absolute Gasteiger partial charge is 0.444 e. The minimum atomic E-state index is -0.949. The van der Waals surface area contributed by atoms with Gasteiger partial charge in [-0.15, -0.1) is 0 Å². The molecule has 7 heteroatoms. The van der Waals surface area contributed by atoms with Gasteiger partial charge in [-0.3, -0.25) is 14.5 Å². The Morgan fingerprint density at radius 2 is 1.88 bits per heavy atom. The number of alkyl carbamates (subject to hydrolysis) is 1. The second kappa shape index (κ2) is 6.59. The van der Waals surface area contributed by atoms with Gasteiger partial charge in [0.2, 0.25) is 5.91 Å². The van der Waals surface area contributed by atoms with Crippen molar-refractivity contribution in [2.24, 2.45) is 0 Å². The summed E-state index contributed by atoms with van der Waals surface area (Å²) in [7, 11) is 0. The minimum absolute atomic E-state index is 0.121. The molecule has 1 N–H and O–H groups in total. The number of imide groups is 1. The topological polar surface area (TPSA) is 75.7 Å². The van der Waals surface area contributed by atoms with Gasteiger partial charge in [0, 0.05) is 0 Å². The second-order valence-electron chi connectivity index (χ2n) is 6.73. The molecule has 0 aliphatic carbocycles. The Labute approximate surface area is 140 Å². The van der Waals surface area contributed by atoms with Gasteiger partial charge in [0.05, 0.1) is 12.5 Å². The van der Waals surface area contributed by atoms with Gasteiger partial charge in [0.25, 0.3) is 5.91 Å². The molecule has 1 aliphatic heterocycles. The van der Waals surface area contributed by atoms with Crippen molar-refractivity contribution < 1.29 is 23.5 Å². The summed E-state index contributed by atoms with van der Waals surface area (Å²) in [5.41, 5.74) is -0.0624. The molecule has 2 atom stereocenters. The number of carbonyl (C=O) groups excluding carboxylic acids is 3. The molecule has 2 rings (SSSR count). The van der Waals surface area contributed by atoms with Gasteiger partial charge in [-0.25, -0.2) is 9.18 Å². The van der Waals surface area contributed by atoms with Crippen LogP contribution in [0.15, 0.2) is 24.3 Å². The van der Waals surface area contributed by atoms with Crippen molar-refractivity contribution in [1.29, 1.82) is 0 Å². The molecule has 24 heavy (non-hydrogen) atoms. The van der Waals surface area contributed by atoms with E-state index in [-0.39, 0.29) is 6.42 Å². The predicted molar refractivity (Wildman–Crippen MR) is 84.4 cm³/mol. The average Bonchev–Trinajstić information content (AvgIpc) is 2.71. The molecule has 1 saturated heterocycles. The van der Waals surface area contributed by atoms with Crippen LogP contribution >= 0.6 is 0 Å². The van der Waals surface area contributed by atoms with Gasteiger partial charge in [-0.1, -0.05) is 12.1 Å². The number of nitrogens with one attached hydrogen (secondary N) is 1. The molecule has 0 spiro atoms. The van der Waals surface area contributed by atoms with Gasteiger partial charge in [0.15, 0.2) is 0 Å². The molecule has 0 bridgehead atoms. The summed E-state index contributed by atoms with van der Waals surface area (Å²) in [5.74, 6) is -1.28. The zero-order chi connectivity index (χ0) is 18.1. The van der Waals surface area contributed by atoms with Crippen molar-refractivity contribution in [2.45, 2.75) is 51.8 Å². The highest BCUT2D eigenvalue weighted by Gasteiger charge is 2.42. The molecule has 1 aliphatic rings. The fraction of sp³-hybridized carbons (Fsp3) is 0.471. The third kappa shape index (κ3) is 4.10. The van der Waals surface area contributed by atoms with Gasteiger partial charge < -0.3 is 10.1 Å². The summed E-state index contributed by atoms with van der Waals surface area (Å²) in [6.45, 7) is 6.80. The summed E-state index contributed by atoms with van der Waals surface area (Å²) >= 11 is 0. The monoisotopic (exact) mass is 336 g/mol. The summed E-state index contributed by atoms with van der Waals surface area (Å²) < 4.78 is 18.1. The summed E-state index contributed by atoms with van der Waals surface area (Å²) in [6, 6.07) is 4.09. The molecule has 0 saturated carbocycles. The van der Waals surface area contributed by atoms with E-state index in [1.165, 1.54) is 24.3 Å². The Kier molecular flexibility index (Phi) is 4.91. The van der Waals surface area contributed by atoms with Crippen molar-refractivity contribution in [3.8, 4) is 0 Å². The van der Waals surface area contributed by atoms with Crippen molar-refractivity contribution in [3.63, 3.8) is 0 Å². The van der Waals surface area contributed by atoms with E-state index in [2.05, 4.69) is 5.32 Å². The summed E-state index contributed by atoms with van der Waals surface area (Å²) in [5, 5.41) is 2.43. The number of carbonyl (C=O) groups is 3. The number of amides is 3. The highest BCUT2D eigenvalue weighted by atomic mass is 19.1. The van der Waals surface area contributed by atoms with Crippen LogP contribution in [-0.2, 0) is 14.3 Å². The van der Waals surface area contributed by atoms with Gasteiger partial charge >= 0.3 is 6.09 Å². The van der Waals surface area contributed by atoms with Crippen LogP contribution in [0.5, 0.6) is 0 Å². The lowest BCUT2D eigenvalue weighted by Crippen LogP contribution is -2.44. The van der Waals surface area contributed by atoms with Crippen molar-refractivity contribution >= 4 is 17.9 Å². The fourth-order valence-corrected chi connectivity index (χ4v) is 2.51. The van der Waals surface area contributed by atoms with E-state index in [0.717, 1.165) is 4.90 Å². The zero-order valence-corrected chi connectivity index (χ0v) is 14.1. The van der Waals surface area contributed by atoms with Crippen LogP contribution in [0.25, 0.3) is 0 Å². The van der Waals surface area contributed by atoms with E-state index in [9.17, 15) is 18.8 Å². The van der Waals surface area contributed by atoms with Crippen molar-refractivity contribution in [1.82, 2.24) is 10.2 Å². The number of benzene rings is 1. The third-order valence-electron chi connectivity index (χ3n) is 3.61. The van der Waals surface area contributed by atoms with E-state index in [1.807, 2.05) is 0 Å². The van der Waals surface area contributed by atoms with E-state index in [4.69, 9.17) is 4.74 Å². The maximum absolute atomic E-state index is 13.0. The van der Waals surface area contributed by atoms with Crippen LogP contribution in [0.2, 0.25) is 0 Å². The first-order chi connectivity index (χ1) is 11.1. The SMILES string of the molecule is CC(c1ccc(F)cc1)N1C(=O)CC(NC(=O)OC(C)(C)C)C1=O. The maximum Gasteiger partial charge on any atom is 0.408 e. The third-order valence-corrected chi connectivity index (χ3v) is 3.61. The standard InChI is InChI=1S/C17H21FN2O4/c1-10(11-5-7-12(18)8-6-11)20-14(21)9-13(15(20)22)19-16(23)24-17(2,3)4/h5-8,10,13H,9H2,1-4H3,(H,19,23). The molecule has 1 aromatic carbocycles. The van der Waals surface area contributed by atoms with E-state index in [1.54, 1.807) is 27.7 Å². The molecule has 1 fully saturated rings. The predicted octanol–water partition coefficient (Wildman–Crippen LogP) is 2.54. The Hall–Kier alpha value is -2.44. The molecule has 0 aromatic heterocycles. The van der Waals surface area contributed by atoms with Crippen LogP contribution in [0, 0.1) is 5.82 Å². The molecule has 0 radical (unpaired) electrons. The van der Waals surface area contributed by atoms with Gasteiger partial charge in [-0.05, 0) is 45.4 Å². The maximum atomic E-state index is 13.0. The first kappa shape index (κ1) is 17.9. The van der Waals surface area contributed by atoms with Crippen LogP contribution in [0.1, 0.15) is 45.7 Å². The Bertz CT molecular complexity index is 652. The number of ether oxygens (including phenoxy) is 1. The van der Waals surface area contributed by atoms with E-state index < -0.39 is 41.4 Å². The number of hydrogen-bond donors (Lipinski definition) is 1. The Morgan fingerprint density at radius 3 is 2.42 bits per heavy atom. The highest BCUT2D eigenvalue weighted by molar-refractivity contribution is 6.06. The zero-order valence-electron chi connectivity index (χ0n) is 14.1. The molecule has 1 heterocycles. The minimum Gasteiger partial charge on any atom is -0.444 e. The van der Waals surface area contributed by atoms with Crippen LogP contribution in [0.4, 0.5) is 9.18 Å².